The fraction of sp³-hybridized carbons (Fsp3) is 0.476. The monoisotopic (exact) mass is 360 g/mol. The lowest BCUT2D eigenvalue weighted by atomic mass is 9.91. The summed E-state index contributed by atoms with van der Waals surface area (Å²) >= 11 is 6.26. The van der Waals surface area contributed by atoms with Gasteiger partial charge in [0.15, 0.2) is 0 Å². The minimum atomic E-state index is -0.811. The minimum absolute atomic E-state index is 0.0886. The number of allylic oxidation sites excluding steroid dienone is 3. The highest BCUT2D eigenvalue weighted by atomic mass is 35.5. The van der Waals surface area contributed by atoms with E-state index in [1.165, 1.54) is 49.7 Å². The number of halogens is 1. The third-order valence-electron chi connectivity index (χ3n) is 5.06. The number of carboxylic acid groups (broad SMARTS) is 1. The Balaban J connectivity index is 1.63. The molecule has 0 spiro atoms. The quantitative estimate of drug-likeness (QED) is 0.676. The topological polar surface area (TPSA) is 46.5 Å². The zero-order valence-corrected chi connectivity index (χ0v) is 15.3. The molecular formula is C21H25ClO3. The van der Waals surface area contributed by atoms with Gasteiger partial charge in [-0.15, -0.1) is 0 Å². The van der Waals surface area contributed by atoms with E-state index in [4.69, 9.17) is 21.4 Å². The van der Waals surface area contributed by atoms with Crippen LogP contribution < -0.4 is 4.74 Å². The number of hydrogen-bond acceptors (Lipinski definition) is 2. The molecule has 0 aliphatic heterocycles. The van der Waals surface area contributed by atoms with Crippen LogP contribution in [0.5, 0.6) is 5.75 Å². The summed E-state index contributed by atoms with van der Waals surface area (Å²) in [6.45, 7) is 0.622. The Labute approximate surface area is 154 Å². The second-order valence-corrected chi connectivity index (χ2v) is 7.25. The number of benzene rings is 1. The molecule has 2 aliphatic rings. The smallest absolute Gasteiger partial charge is 0.303 e. The van der Waals surface area contributed by atoms with Crippen LogP contribution in [0.25, 0.3) is 0 Å². The van der Waals surface area contributed by atoms with Crippen molar-refractivity contribution >= 4 is 17.6 Å². The van der Waals surface area contributed by atoms with Crippen molar-refractivity contribution < 1.29 is 14.6 Å². The number of carboxylic acids is 1. The molecule has 2 aliphatic carbocycles. The van der Waals surface area contributed by atoms with Gasteiger partial charge in [-0.25, -0.2) is 0 Å². The van der Waals surface area contributed by atoms with Gasteiger partial charge in [0.2, 0.25) is 0 Å². The number of aryl methyl sites for hydroxylation is 1. The number of rotatable bonds is 7. The molecule has 25 heavy (non-hydrogen) atoms. The highest BCUT2D eigenvalue weighted by Crippen LogP contribution is 2.36. The summed E-state index contributed by atoms with van der Waals surface area (Å²) in [7, 11) is 0. The van der Waals surface area contributed by atoms with Gasteiger partial charge in [0.25, 0.3) is 0 Å². The van der Waals surface area contributed by atoms with Crippen molar-refractivity contribution in [1.29, 1.82) is 0 Å². The Morgan fingerprint density at radius 1 is 1.16 bits per heavy atom. The summed E-state index contributed by atoms with van der Waals surface area (Å²) < 4.78 is 5.99. The molecule has 3 nitrogen and oxygen atoms in total. The predicted molar refractivity (Wildman–Crippen MR) is 100 cm³/mol. The molecule has 0 bridgehead atoms. The van der Waals surface area contributed by atoms with E-state index in [2.05, 4.69) is 6.08 Å². The third kappa shape index (κ3) is 4.88. The SMILES string of the molecule is O=C(O)CCc1ccc(OCC2=C(C3=CCCCC3)CCC2)cc1Cl. The molecule has 134 valence electrons. The van der Waals surface area contributed by atoms with E-state index < -0.39 is 5.97 Å². The minimum Gasteiger partial charge on any atom is -0.489 e. The lowest BCUT2D eigenvalue weighted by molar-refractivity contribution is -0.136. The van der Waals surface area contributed by atoms with Crippen LogP contribution in [0.1, 0.15) is 56.9 Å². The molecule has 1 N–H and O–H groups in total. The summed E-state index contributed by atoms with van der Waals surface area (Å²) in [4.78, 5) is 10.7. The summed E-state index contributed by atoms with van der Waals surface area (Å²) in [5.74, 6) is -0.0606. The first-order chi connectivity index (χ1) is 12.1. The molecule has 3 rings (SSSR count). The normalized spacial score (nSPS) is 17.6. The second-order valence-electron chi connectivity index (χ2n) is 6.85. The van der Waals surface area contributed by atoms with Crippen LogP contribution in [0.2, 0.25) is 5.02 Å². The third-order valence-corrected chi connectivity index (χ3v) is 5.41. The van der Waals surface area contributed by atoms with E-state index in [-0.39, 0.29) is 6.42 Å². The Bertz CT molecular complexity index is 703. The first-order valence-electron chi connectivity index (χ1n) is 9.17. The van der Waals surface area contributed by atoms with Crippen molar-refractivity contribution in [2.75, 3.05) is 6.61 Å². The van der Waals surface area contributed by atoms with Gasteiger partial charge in [-0.1, -0.05) is 23.7 Å². The lowest BCUT2D eigenvalue weighted by Gasteiger charge is -2.16. The van der Waals surface area contributed by atoms with Gasteiger partial charge in [0, 0.05) is 11.4 Å². The summed E-state index contributed by atoms with van der Waals surface area (Å²) in [5.41, 5.74) is 5.36. The predicted octanol–water partition coefficient (Wildman–Crippen LogP) is 5.72. The van der Waals surface area contributed by atoms with Gasteiger partial charge in [-0.05, 0) is 85.8 Å². The Morgan fingerprint density at radius 3 is 2.76 bits per heavy atom. The second kappa shape index (κ2) is 8.57. The van der Waals surface area contributed by atoms with E-state index in [1.54, 1.807) is 11.6 Å². The molecule has 0 fully saturated rings. The zero-order valence-electron chi connectivity index (χ0n) is 14.5. The number of carbonyl (C=O) groups is 1. The molecule has 0 saturated heterocycles. The van der Waals surface area contributed by atoms with Crippen LogP contribution in [0.3, 0.4) is 0 Å². The molecule has 0 radical (unpaired) electrons. The molecular weight excluding hydrogens is 336 g/mol. The summed E-state index contributed by atoms with van der Waals surface area (Å²) in [5, 5.41) is 9.36. The Kier molecular flexibility index (Phi) is 6.19. The summed E-state index contributed by atoms with van der Waals surface area (Å²) in [6.07, 6.45) is 11.5. The van der Waals surface area contributed by atoms with Gasteiger partial charge in [-0.2, -0.15) is 0 Å². The van der Waals surface area contributed by atoms with Crippen LogP contribution in [0.15, 0.2) is 41.0 Å². The molecule has 1 aromatic rings. The molecule has 0 aromatic heterocycles. The van der Waals surface area contributed by atoms with E-state index in [9.17, 15) is 4.79 Å². The molecule has 4 heteroatoms. The maximum atomic E-state index is 10.7. The standard InChI is InChI=1S/C21H25ClO3/c22-20-13-18(11-9-16(20)10-12-21(23)24)25-14-17-7-4-8-19(17)15-5-2-1-3-6-15/h5,9,11,13H,1-4,6-8,10,12,14H2,(H,23,24). The first-order valence-corrected chi connectivity index (χ1v) is 9.54. The average molecular weight is 361 g/mol. The van der Waals surface area contributed by atoms with Gasteiger partial charge in [0.05, 0.1) is 0 Å². The first kappa shape index (κ1) is 18.1. The number of hydrogen-bond donors (Lipinski definition) is 1. The zero-order chi connectivity index (χ0) is 17.6. The van der Waals surface area contributed by atoms with Crippen molar-refractivity contribution in [3.05, 3.63) is 51.6 Å². The van der Waals surface area contributed by atoms with Crippen molar-refractivity contribution in [1.82, 2.24) is 0 Å². The van der Waals surface area contributed by atoms with Gasteiger partial charge in [0.1, 0.15) is 12.4 Å². The van der Waals surface area contributed by atoms with E-state index in [0.29, 0.717) is 18.1 Å². The van der Waals surface area contributed by atoms with E-state index >= 15 is 0 Å². The van der Waals surface area contributed by atoms with Crippen LogP contribution in [-0.2, 0) is 11.2 Å². The molecule has 0 unspecified atom stereocenters. The van der Waals surface area contributed by atoms with Gasteiger partial charge < -0.3 is 9.84 Å². The Morgan fingerprint density at radius 2 is 2.04 bits per heavy atom. The van der Waals surface area contributed by atoms with Crippen LogP contribution >= 0.6 is 11.6 Å². The molecule has 0 atom stereocenters. The highest BCUT2D eigenvalue weighted by molar-refractivity contribution is 6.31. The van der Waals surface area contributed by atoms with E-state index in [1.807, 2.05) is 12.1 Å². The average Bonchev–Trinajstić information content (AvgIpc) is 3.08. The van der Waals surface area contributed by atoms with Crippen molar-refractivity contribution in [2.24, 2.45) is 0 Å². The lowest BCUT2D eigenvalue weighted by Crippen LogP contribution is -2.04. The maximum absolute atomic E-state index is 10.7. The number of aliphatic carboxylic acids is 1. The van der Waals surface area contributed by atoms with Crippen LogP contribution in [0.4, 0.5) is 0 Å². The fourth-order valence-electron chi connectivity index (χ4n) is 3.70. The fourth-order valence-corrected chi connectivity index (χ4v) is 3.96. The van der Waals surface area contributed by atoms with Gasteiger partial charge >= 0.3 is 5.97 Å². The largest absolute Gasteiger partial charge is 0.489 e. The van der Waals surface area contributed by atoms with Crippen molar-refractivity contribution in [2.45, 2.75) is 57.8 Å². The summed E-state index contributed by atoms with van der Waals surface area (Å²) in [6, 6.07) is 5.56. The highest BCUT2D eigenvalue weighted by Gasteiger charge is 2.19. The maximum Gasteiger partial charge on any atom is 0.303 e. The molecule has 1 aromatic carbocycles. The van der Waals surface area contributed by atoms with Crippen molar-refractivity contribution in [3.63, 3.8) is 0 Å². The molecule has 0 amide bonds. The number of ether oxygens (including phenoxy) is 1. The molecule has 0 heterocycles. The van der Waals surface area contributed by atoms with Crippen LogP contribution in [0, 0.1) is 0 Å². The Hall–Kier alpha value is -1.74. The molecule has 0 saturated carbocycles. The van der Waals surface area contributed by atoms with E-state index in [0.717, 1.165) is 17.7 Å². The van der Waals surface area contributed by atoms with Gasteiger partial charge in [-0.3, -0.25) is 4.79 Å². The van der Waals surface area contributed by atoms with Crippen LogP contribution in [-0.4, -0.2) is 17.7 Å². The van der Waals surface area contributed by atoms with Crippen molar-refractivity contribution in [3.8, 4) is 5.75 Å².